The Morgan fingerprint density at radius 1 is 1.53 bits per heavy atom. The van der Waals surface area contributed by atoms with Gasteiger partial charge in [-0.2, -0.15) is 0 Å². The highest BCUT2D eigenvalue weighted by Gasteiger charge is 2.10. The maximum absolute atomic E-state index is 11.4. The summed E-state index contributed by atoms with van der Waals surface area (Å²) < 4.78 is 1.78. The summed E-state index contributed by atoms with van der Waals surface area (Å²) in [4.78, 5) is 11.4. The second kappa shape index (κ2) is 4.77. The van der Waals surface area contributed by atoms with Crippen molar-refractivity contribution in [2.75, 3.05) is 7.05 Å². The zero-order valence-corrected chi connectivity index (χ0v) is 10.2. The van der Waals surface area contributed by atoms with Crippen LogP contribution in [0.2, 0.25) is 5.02 Å². The number of amides is 1. The van der Waals surface area contributed by atoms with Crippen molar-refractivity contribution in [2.45, 2.75) is 13.2 Å². The van der Waals surface area contributed by atoms with E-state index >= 15 is 0 Å². The van der Waals surface area contributed by atoms with E-state index in [1.165, 1.54) is 0 Å². The van der Waals surface area contributed by atoms with Gasteiger partial charge in [-0.25, -0.2) is 0 Å². The van der Waals surface area contributed by atoms with Crippen molar-refractivity contribution in [1.82, 2.24) is 9.88 Å². The van der Waals surface area contributed by atoms with Crippen LogP contribution >= 0.6 is 11.6 Å². The second-order valence-electron chi connectivity index (χ2n) is 3.78. The fraction of sp³-hybridized carbons (Fsp3) is 0.250. The number of aliphatic hydroxyl groups is 1. The number of carbonyl (C=O) groups excluding carboxylic acids is 1. The van der Waals surface area contributed by atoms with Crippen LogP contribution in [-0.4, -0.2) is 22.6 Å². The molecule has 0 saturated heterocycles. The lowest BCUT2D eigenvalue weighted by Gasteiger charge is -2.04. The number of hydrogen-bond acceptors (Lipinski definition) is 2. The van der Waals surface area contributed by atoms with Crippen LogP contribution < -0.4 is 5.32 Å². The lowest BCUT2D eigenvalue weighted by molar-refractivity contribution is -0.121. The van der Waals surface area contributed by atoms with Crippen LogP contribution in [0, 0.1) is 0 Å². The summed E-state index contributed by atoms with van der Waals surface area (Å²) in [7, 11) is 1.59. The summed E-state index contributed by atoms with van der Waals surface area (Å²) in [5.74, 6) is -0.0913. The van der Waals surface area contributed by atoms with Crippen molar-refractivity contribution in [1.29, 1.82) is 0 Å². The van der Waals surface area contributed by atoms with Gasteiger partial charge < -0.3 is 15.0 Å². The standard InChI is InChI=1S/C12H13ClN2O2/c1-14-12(17)6-15-5-8(7-16)10-3-2-9(13)4-11(10)15/h2-5,16H,6-7H2,1H3,(H,14,17). The van der Waals surface area contributed by atoms with E-state index in [1.54, 1.807) is 29.9 Å². The Morgan fingerprint density at radius 2 is 2.29 bits per heavy atom. The third-order valence-corrected chi connectivity index (χ3v) is 2.93. The Morgan fingerprint density at radius 3 is 2.94 bits per heavy atom. The second-order valence-corrected chi connectivity index (χ2v) is 4.21. The van der Waals surface area contributed by atoms with Gasteiger partial charge in [0.25, 0.3) is 0 Å². The number of aromatic nitrogens is 1. The number of fused-ring (bicyclic) bond motifs is 1. The first kappa shape index (κ1) is 12.0. The van der Waals surface area contributed by atoms with Crippen molar-refractivity contribution in [3.63, 3.8) is 0 Å². The number of rotatable bonds is 3. The van der Waals surface area contributed by atoms with Gasteiger partial charge in [0.15, 0.2) is 0 Å². The number of nitrogens with one attached hydrogen (secondary N) is 1. The highest BCUT2D eigenvalue weighted by Crippen LogP contribution is 2.24. The number of nitrogens with zero attached hydrogens (tertiary/aromatic N) is 1. The monoisotopic (exact) mass is 252 g/mol. The van der Waals surface area contributed by atoms with Crippen LogP contribution in [0.3, 0.4) is 0 Å². The molecule has 2 rings (SSSR count). The van der Waals surface area contributed by atoms with Crippen LogP contribution in [0.5, 0.6) is 0 Å². The van der Waals surface area contributed by atoms with E-state index in [0.29, 0.717) is 5.02 Å². The van der Waals surface area contributed by atoms with Crippen LogP contribution in [-0.2, 0) is 17.9 Å². The third-order valence-electron chi connectivity index (χ3n) is 2.69. The lowest BCUT2D eigenvalue weighted by atomic mass is 10.2. The predicted molar refractivity (Wildman–Crippen MR) is 66.9 cm³/mol. The minimum absolute atomic E-state index is 0.0567. The fourth-order valence-corrected chi connectivity index (χ4v) is 2.00. The molecule has 1 heterocycles. The number of hydrogen-bond donors (Lipinski definition) is 2. The summed E-state index contributed by atoms with van der Waals surface area (Å²) in [5, 5.41) is 13.4. The molecule has 0 aliphatic rings. The molecule has 2 N–H and O–H groups in total. The van der Waals surface area contributed by atoms with Crippen molar-refractivity contribution >= 4 is 28.4 Å². The number of carbonyl (C=O) groups is 1. The lowest BCUT2D eigenvalue weighted by Crippen LogP contribution is -2.23. The molecular weight excluding hydrogens is 240 g/mol. The van der Waals surface area contributed by atoms with E-state index in [2.05, 4.69) is 5.32 Å². The molecule has 4 nitrogen and oxygen atoms in total. The van der Waals surface area contributed by atoms with E-state index in [-0.39, 0.29) is 19.1 Å². The topological polar surface area (TPSA) is 54.3 Å². The average molecular weight is 253 g/mol. The SMILES string of the molecule is CNC(=O)Cn1cc(CO)c2ccc(Cl)cc21. The molecule has 0 atom stereocenters. The van der Waals surface area contributed by atoms with Gasteiger partial charge >= 0.3 is 0 Å². The summed E-state index contributed by atoms with van der Waals surface area (Å²) in [6.45, 7) is 0.159. The van der Waals surface area contributed by atoms with E-state index in [9.17, 15) is 9.90 Å². The Balaban J connectivity index is 2.54. The average Bonchev–Trinajstić information content (AvgIpc) is 2.66. The smallest absolute Gasteiger partial charge is 0.239 e. The van der Waals surface area contributed by atoms with Crippen molar-refractivity contribution < 1.29 is 9.90 Å². The molecular formula is C12H13ClN2O2. The highest BCUT2D eigenvalue weighted by molar-refractivity contribution is 6.31. The number of benzene rings is 1. The molecule has 0 aliphatic heterocycles. The molecule has 0 bridgehead atoms. The van der Waals surface area contributed by atoms with Gasteiger partial charge in [0.2, 0.25) is 5.91 Å². The van der Waals surface area contributed by atoms with E-state index < -0.39 is 0 Å². The van der Waals surface area contributed by atoms with Gasteiger partial charge in [-0.05, 0) is 12.1 Å². The largest absolute Gasteiger partial charge is 0.392 e. The molecule has 90 valence electrons. The van der Waals surface area contributed by atoms with Crippen LogP contribution in [0.4, 0.5) is 0 Å². The Bertz CT molecular complexity index is 563. The Kier molecular flexibility index (Phi) is 3.36. The van der Waals surface area contributed by atoms with Crippen molar-refractivity contribution in [3.8, 4) is 0 Å². The maximum atomic E-state index is 11.4. The number of halogens is 1. The number of likely N-dealkylation sites (N-methyl/N-ethyl adjacent to an activating group) is 1. The molecule has 0 aliphatic carbocycles. The minimum atomic E-state index is -0.0913. The quantitative estimate of drug-likeness (QED) is 0.871. The molecule has 0 unspecified atom stereocenters. The Labute approximate surface area is 104 Å². The van der Waals surface area contributed by atoms with Gasteiger partial charge in [0.05, 0.1) is 12.1 Å². The van der Waals surface area contributed by atoms with Gasteiger partial charge in [0, 0.05) is 29.2 Å². The third kappa shape index (κ3) is 2.28. The molecule has 0 saturated carbocycles. The normalized spacial score (nSPS) is 10.8. The van der Waals surface area contributed by atoms with E-state index in [0.717, 1.165) is 16.5 Å². The first-order valence-corrected chi connectivity index (χ1v) is 5.62. The molecule has 0 fully saturated rings. The van der Waals surface area contributed by atoms with Gasteiger partial charge in [-0.1, -0.05) is 17.7 Å². The first-order valence-electron chi connectivity index (χ1n) is 5.24. The van der Waals surface area contributed by atoms with Crippen molar-refractivity contribution in [3.05, 3.63) is 35.0 Å². The number of aliphatic hydroxyl groups excluding tert-OH is 1. The van der Waals surface area contributed by atoms with Crippen LogP contribution in [0.1, 0.15) is 5.56 Å². The minimum Gasteiger partial charge on any atom is -0.392 e. The molecule has 1 aromatic carbocycles. The summed E-state index contributed by atoms with van der Waals surface area (Å²) in [5.41, 5.74) is 1.64. The van der Waals surface area contributed by atoms with Gasteiger partial charge in [0.1, 0.15) is 6.54 Å². The summed E-state index contributed by atoms with van der Waals surface area (Å²) in [6, 6.07) is 5.41. The molecule has 5 heteroatoms. The van der Waals surface area contributed by atoms with E-state index in [4.69, 9.17) is 11.6 Å². The van der Waals surface area contributed by atoms with Crippen LogP contribution in [0.15, 0.2) is 24.4 Å². The van der Waals surface area contributed by atoms with Crippen molar-refractivity contribution in [2.24, 2.45) is 0 Å². The molecule has 17 heavy (non-hydrogen) atoms. The summed E-state index contributed by atoms with van der Waals surface area (Å²) in [6.07, 6.45) is 1.77. The first-order chi connectivity index (χ1) is 8.15. The zero-order valence-electron chi connectivity index (χ0n) is 9.40. The highest BCUT2D eigenvalue weighted by atomic mass is 35.5. The fourth-order valence-electron chi connectivity index (χ4n) is 1.83. The molecule has 1 amide bonds. The summed E-state index contributed by atoms with van der Waals surface area (Å²) >= 11 is 5.94. The predicted octanol–water partition coefficient (Wildman–Crippen LogP) is 1.53. The van der Waals surface area contributed by atoms with Gasteiger partial charge in [-0.15, -0.1) is 0 Å². The molecule has 2 aromatic rings. The van der Waals surface area contributed by atoms with Crippen LogP contribution in [0.25, 0.3) is 10.9 Å². The maximum Gasteiger partial charge on any atom is 0.239 e. The molecule has 1 aromatic heterocycles. The zero-order chi connectivity index (χ0) is 12.4. The van der Waals surface area contributed by atoms with Gasteiger partial charge in [-0.3, -0.25) is 4.79 Å². The Hall–Kier alpha value is -1.52. The molecule has 0 spiro atoms. The van der Waals surface area contributed by atoms with E-state index in [1.807, 2.05) is 6.07 Å². The molecule has 0 radical (unpaired) electrons.